The van der Waals surface area contributed by atoms with E-state index in [-0.39, 0.29) is 0 Å². The fraction of sp³-hybridized carbons (Fsp3) is 0.400. The Kier molecular flexibility index (Phi) is 7.03. The largest absolute Gasteiger partial charge is 0.493 e. The summed E-state index contributed by atoms with van der Waals surface area (Å²) in [6.07, 6.45) is 2.57. The highest BCUT2D eigenvalue weighted by Gasteiger charge is 2.16. The van der Waals surface area contributed by atoms with Crippen molar-refractivity contribution in [3.05, 3.63) is 57.6 Å². The highest BCUT2D eigenvalue weighted by atomic mass is 35.5. The van der Waals surface area contributed by atoms with E-state index in [0.717, 1.165) is 37.1 Å². The lowest BCUT2D eigenvalue weighted by Gasteiger charge is -2.16. The van der Waals surface area contributed by atoms with Gasteiger partial charge in [-0.2, -0.15) is 0 Å². The van der Waals surface area contributed by atoms with Gasteiger partial charge in [0.25, 0.3) is 0 Å². The molecule has 1 aliphatic rings. The minimum atomic E-state index is 0.311. The molecule has 1 heterocycles. The Hall–Kier alpha value is -1.46. The normalized spacial score (nSPS) is 16.7. The van der Waals surface area contributed by atoms with E-state index in [1.165, 1.54) is 0 Å². The first-order valence-electron chi connectivity index (χ1n) is 8.72. The Labute approximate surface area is 164 Å². The fourth-order valence-corrected chi connectivity index (χ4v) is 3.44. The van der Waals surface area contributed by atoms with Crippen molar-refractivity contribution < 1.29 is 14.2 Å². The van der Waals surface area contributed by atoms with E-state index in [9.17, 15) is 0 Å². The topological polar surface area (TPSA) is 39.7 Å². The Bertz CT molecular complexity index is 733. The molecule has 0 amide bonds. The van der Waals surface area contributed by atoms with Crippen LogP contribution in [0.4, 0.5) is 0 Å². The van der Waals surface area contributed by atoms with E-state index < -0.39 is 0 Å². The van der Waals surface area contributed by atoms with Crippen LogP contribution in [0.5, 0.6) is 11.5 Å². The molecule has 1 aliphatic heterocycles. The summed E-state index contributed by atoms with van der Waals surface area (Å²) in [5.74, 6) is 1.13. The zero-order chi connectivity index (χ0) is 18.4. The molecule has 1 fully saturated rings. The minimum absolute atomic E-state index is 0.311. The van der Waals surface area contributed by atoms with E-state index in [4.69, 9.17) is 37.4 Å². The maximum absolute atomic E-state index is 6.43. The summed E-state index contributed by atoms with van der Waals surface area (Å²) in [5.41, 5.74) is 1.93. The highest BCUT2D eigenvalue weighted by Crippen LogP contribution is 2.37. The van der Waals surface area contributed by atoms with Crippen molar-refractivity contribution in [1.82, 2.24) is 5.32 Å². The molecule has 2 aromatic rings. The molecule has 3 rings (SSSR count). The van der Waals surface area contributed by atoms with Gasteiger partial charge in [0.15, 0.2) is 11.5 Å². The van der Waals surface area contributed by atoms with Crippen LogP contribution in [0, 0.1) is 0 Å². The predicted molar refractivity (Wildman–Crippen MR) is 104 cm³/mol. The first kappa shape index (κ1) is 19.3. The first-order valence-corrected chi connectivity index (χ1v) is 9.48. The Balaban J connectivity index is 1.63. The zero-order valence-corrected chi connectivity index (χ0v) is 16.3. The summed E-state index contributed by atoms with van der Waals surface area (Å²) in [4.78, 5) is 0. The summed E-state index contributed by atoms with van der Waals surface area (Å²) in [6.45, 7) is 2.72. The van der Waals surface area contributed by atoms with E-state index in [1.54, 1.807) is 7.11 Å². The van der Waals surface area contributed by atoms with Crippen LogP contribution in [0.2, 0.25) is 10.0 Å². The van der Waals surface area contributed by atoms with Crippen molar-refractivity contribution in [2.75, 3.05) is 20.3 Å². The van der Waals surface area contributed by atoms with Crippen molar-refractivity contribution in [3.8, 4) is 11.5 Å². The first-order chi connectivity index (χ1) is 12.7. The second kappa shape index (κ2) is 9.47. The second-order valence-electron chi connectivity index (χ2n) is 6.26. The van der Waals surface area contributed by atoms with E-state index in [2.05, 4.69) is 5.32 Å². The number of ether oxygens (including phenoxy) is 3. The average Bonchev–Trinajstić information content (AvgIpc) is 3.15. The van der Waals surface area contributed by atoms with Gasteiger partial charge in [-0.3, -0.25) is 0 Å². The molecule has 0 aliphatic carbocycles. The van der Waals surface area contributed by atoms with Gasteiger partial charge in [0.05, 0.1) is 18.2 Å². The maximum Gasteiger partial charge on any atom is 0.180 e. The quantitative estimate of drug-likeness (QED) is 0.693. The number of nitrogens with one attached hydrogen (secondary N) is 1. The summed E-state index contributed by atoms with van der Waals surface area (Å²) >= 11 is 12.6. The van der Waals surface area contributed by atoms with Gasteiger partial charge in [0, 0.05) is 30.3 Å². The molecule has 1 N–H and O–H groups in total. The van der Waals surface area contributed by atoms with Crippen LogP contribution < -0.4 is 14.8 Å². The van der Waals surface area contributed by atoms with Gasteiger partial charge < -0.3 is 19.5 Å². The van der Waals surface area contributed by atoms with E-state index >= 15 is 0 Å². The molecule has 140 valence electrons. The van der Waals surface area contributed by atoms with Crippen LogP contribution >= 0.6 is 23.2 Å². The number of methoxy groups -OCH3 is 1. The third kappa shape index (κ3) is 5.04. The SMILES string of the molecule is COc1cc(CNCC2CCCO2)cc(Cl)c1OCc1ccccc1Cl. The van der Waals surface area contributed by atoms with Crippen LogP contribution in [0.15, 0.2) is 36.4 Å². The van der Waals surface area contributed by atoms with Gasteiger partial charge >= 0.3 is 0 Å². The molecule has 26 heavy (non-hydrogen) atoms. The molecule has 6 heteroatoms. The van der Waals surface area contributed by atoms with Crippen LogP contribution in [-0.4, -0.2) is 26.4 Å². The molecule has 1 atom stereocenters. The average molecular weight is 396 g/mol. The molecule has 2 aromatic carbocycles. The van der Waals surface area contributed by atoms with Crippen LogP contribution in [-0.2, 0) is 17.9 Å². The Morgan fingerprint density at radius 1 is 1.19 bits per heavy atom. The van der Waals surface area contributed by atoms with Crippen molar-refractivity contribution in [1.29, 1.82) is 0 Å². The Morgan fingerprint density at radius 2 is 2.04 bits per heavy atom. The van der Waals surface area contributed by atoms with Crippen LogP contribution in [0.1, 0.15) is 24.0 Å². The van der Waals surface area contributed by atoms with Crippen LogP contribution in [0.3, 0.4) is 0 Å². The standard InChI is InChI=1S/C20H23Cl2NO3/c1-24-19-10-14(11-23-12-16-6-4-8-25-16)9-18(22)20(19)26-13-15-5-2-3-7-17(15)21/h2-3,5,7,9-10,16,23H,4,6,8,11-13H2,1H3. The summed E-state index contributed by atoms with van der Waals surface area (Å²) in [6, 6.07) is 11.4. The third-order valence-electron chi connectivity index (χ3n) is 4.34. The monoisotopic (exact) mass is 395 g/mol. The van der Waals surface area contributed by atoms with Gasteiger partial charge in [-0.25, -0.2) is 0 Å². The van der Waals surface area contributed by atoms with Crippen molar-refractivity contribution in [2.24, 2.45) is 0 Å². The number of benzene rings is 2. The molecule has 1 unspecified atom stereocenters. The molecule has 0 spiro atoms. The summed E-state index contributed by atoms with van der Waals surface area (Å²) in [5, 5.41) is 4.59. The van der Waals surface area contributed by atoms with E-state index in [0.29, 0.717) is 40.8 Å². The molecule has 1 saturated heterocycles. The summed E-state index contributed by atoms with van der Waals surface area (Å²) in [7, 11) is 1.61. The van der Waals surface area contributed by atoms with Gasteiger partial charge in [-0.1, -0.05) is 41.4 Å². The van der Waals surface area contributed by atoms with Crippen molar-refractivity contribution >= 4 is 23.2 Å². The highest BCUT2D eigenvalue weighted by molar-refractivity contribution is 6.32. The maximum atomic E-state index is 6.43. The van der Waals surface area contributed by atoms with Gasteiger partial charge in [-0.05, 0) is 36.6 Å². The summed E-state index contributed by atoms with van der Waals surface area (Å²) < 4.78 is 17.0. The third-order valence-corrected chi connectivity index (χ3v) is 4.99. The number of rotatable bonds is 8. The fourth-order valence-electron chi connectivity index (χ4n) is 2.96. The number of halogens is 2. The van der Waals surface area contributed by atoms with Gasteiger partial charge in [0.1, 0.15) is 6.61 Å². The lowest BCUT2D eigenvalue weighted by atomic mass is 10.2. The predicted octanol–water partition coefficient (Wildman–Crippen LogP) is 4.85. The van der Waals surface area contributed by atoms with Gasteiger partial charge in [0.2, 0.25) is 0 Å². The Morgan fingerprint density at radius 3 is 2.77 bits per heavy atom. The van der Waals surface area contributed by atoms with Crippen molar-refractivity contribution in [2.45, 2.75) is 32.1 Å². The molecular formula is C20H23Cl2NO3. The molecular weight excluding hydrogens is 373 g/mol. The van der Waals surface area contributed by atoms with E-state index in [1.807, 2.05) is 36.4 Å². The lowest BCUT2D eigenvalue weighted by molar-refractivity contribution is 0.110. The number of hydrogen-bond acceptors (Lipinski definition) is 4. The molecule has 4 nitrogen and oxygen atoms in total. The molecule has 0 bridgehead atoms. The van der Waals surface area contributed by atoms with Gasteiger partial charge in [-0.15, -0.1) is 0 Å². The zero-order valence-electron chi connectivity index (χ0n) is 14.8. The lowest BCUT2D eigenvalue weighted by Crippen LogP contribution is -2.25. The smallest absolute Gasteiger partial charge is 0.180 e. The minimum Gasteiger partial charge on any atom is -0.493 e. The molecule has 0 aromatic heterocycles. The second-order valence-corrected chi connectivity index (χ2v) is 7.07. The van der Waals surface area contributed by atoms with Crippen molar-refractivity contribution in [3.63, 3.8) is 0 Å². The van der Waals surface area contributed by atoms with Crippen LogP contribution in [0.25, 0.3) is 0 Å². The molecule has 0 saturated carbocycles. The number of hydrogen-bond donors (Lipinski definition) is 1. The molecule has 0 radical (unpaired) electrons.